The van der Waals surface area contributed by atoms with Crippen LogP contribution in [0.1, 0.15) is 13.3 Å². The van der Waals surface area contributed by atoms with Gasteiger partial charge in [-0.2, -0.15) is 0 Å². The maximum atomic E-state index is 11.5. The summed E-state index contributed by atoms with van der Waals surface area (Å²) in [6.45, 7) is 5.53. The van der Waals surface area contributed by atoms with Crippen LogP contribution >= 0.6 is 0 Å². The summed E-state index contributed by atoms with van der Waals surface area (Å²) >= 11 is 0. The lowest BCUT2D eigenvalue weighted by atomic mass is 9.94. The Kier molecular flexibility index (Phi) is 5.73. The molecule has 1 saturated heterocycles. The second-order valence-corrected chi connectivity index (χ2v) is 4.51. The van der Waals surface area contributed by atoms with E-state index in [0.717, 1.165) is 19.5 Å². The van der Waals surface area contributed by atoms with Gasteiger partial charge in [-0.25, -0.2) is 0 Å². The van der Waals surface area contributed by atoms with E-state index in [1.165, 1.54) is 0 Å². The van der Waals surface area contributed by atoms with Crippen LogP contribution in [0.4, 0.5) is 0 Å². The van der Waals surface area contributed by atoms with Gasteiger partial charge in [0.25, 0.3) is 0 Å². The maximum absolute atomic E-state index is 11.5. The number of ether oxygens (including phenoxy) is 1. The fourth-order valence-corrected chi connectivity index (χ4v) is 1.86. The molecule has 1 fully saturated rings. The maximum Gasteiger partial charge on any atom is 0.234 e. The van der Waals surface area contributed by atoms with Crippen molar-refractivity contribution < 1.29 is 9.53 Å². The summed E-state index contributed by atoms with van der Waals surface area (Å²) in [5.41, 5.74) is 5.97. The monoisotopic (exact) mass is 229 g/mol. The lowest BCUT2D eigenvalue weighted by Gasteiger charge is -2.34. The van der Waals surface area contributed by atoms with Gasteiger partial charge in [-0.3, -0.25) is 9.69 Å². The van der Waals surface area contributed by atoms with Gasteiger partial charge in [-0.15, -0.1) is 0 Å². The summed E-state index contributed by atoms with van der Waals surface area (Å²) in [5.74, 6) is 0.617. The van der Waals surface area contributed by atoms with Crippen molar-refractivity contribution >= 4 is 5.91 Å². The minimum atomic E-state index is 0.0544. The van der Waals surface area contributed by atoms with Gasteiger partial charge in [-0.1, -0.05) is 6.92 Å². The molecule has 16 heavy (non-hydrogen) atoms. The minimum Gasteiger partial charge on any atom is -0.383 e. The van der Waals surface area contributed by atoms with Crippen LogP contribution in [0.25, 0.3) is 0 Å². The number of hydrogen-bond acceptors (Lipinski definition) is 4. The summed E-state index contributed by atoms with van der Waals surface area (Å²) in [6.07, 6.45) is 1.08. The Morgan fingerprint density at radius 3 is 3.00 bits per heavy atom. The van der Waals surface area contributed by atoms with Crippen molar-refractivity contribution in [3.8, 4) is 0 Å². The van der Waals surface area contributed by atoms with E-state index in [2.05, 4.69) is 17.1 Å². The van der Waals surface area contributed by atoms with E-state index in [1.807, 2.05) is 0 Å². The highest BCUT2D eigenvalue weighted by Crippen LogP contribution is 2.14. The molecule has 1 amide bonds. The number of nitrogens with two attached hydrogens (primary N) is 1. The third-order valence-electron chi connectivity index (χ3n) is 3.10. The largest absolute Gasteiger partial charge is 0.383 e. The molecule has 1 rings (SSSR count). The first-order chi connectivity index (χ1) is 7.63. The van der Waals surface area contributed by atoms with Crippen molar-refractivity contribution in [1.82, 2.24) is 10.2 Å². The molecule has 2 unspecified atom stereocenters. The lowest BCUT2D eigenvalue weighted by molar-refractivity contribution is -0.122. The number of amides is 1. The van der Waals surface area contributed by atoms with Crippen molar-refractivity contribution in [3.05, 3.63) is 0 Å². The first-order valence-corrected chi connectivity index (χ1v) is 5.87. The number of nitrogens with zero attached hydrogens (tertiary/aromatic N) is 1. The smallest absolute Gasteiger partial charge is 0.234 e. The Morgan fingerprint density at radius 1 is 1.62 bits per heavy atom. The van der Waals surface area contributed by atoms with Crippen molar-refractivity contribution in [1.29, 1.82) is 0 Å². The van der Waals surface area contributed by atoms with E-state index in [0.29, 0.717) is 25.6 Å². The molecule has 3 N–H and O–H groups in total. The average Bonchev–Trinajstić information content (AvgIpc) is 2.24. The molecule has 0 aromatic heterocycles. The molecule has 5 nitrogen and oxygen atoms in total. The number of methoxy groups -OCH3 is 1. The Balaban J connectivity index is 2.19. The number of carbonyl (C=O) groups is 1. The number of piperidine rings is 1. The first kappa shape index (κ1) is 13.4. The Hall–Kier alpha value is -0.650. The van der Waals surface area contributed by atoms with E-state index in [4.69, 9.17) is 10.5 Å². The van der Waals surface area contributed by atoms with Gasteiger partial charge in [-0.05, 0) is 18.9 Å². The van der Waals surface area contributed by atoms with Gasteiger partial charge < -0.3 is 15.8 Å². The lowest BCUT2D eigenvalue weighted by Crippen LogP contribution is -2.50. The highest BCUT2D eigenvalue weighted by molar-refractivity contribution is 5.78. The van der Waals surface area contributed by atoms with Gasteiger partial charge in [0.2, 0.25) is 5.91 Å². The van der Waals surface area contributed by atoms with Crippen LogP contribution in [0.3, 0.4) is 0 Å². The highest BCUT2D eigenvalue weighted by atomic mass is 16.5. The van der Waals surface area contributed by atoms with Crippen molar-refractivity contribution in [2.45, 2.75) is 19.4 Å². The average molecular weight is 229 g/mol. The Morgan fingerprint density at radius 2 is 2.38 bits per heavy atom. The molecule has 2 atom stereocenters. The number of rotatable bonds is 5. The van der Waals surface area contributed by atoms with E-state index in [-0.39, 0.29) is 11.9 Å². The SMILES string of the molecule is COCCNC(=O)CN1CCC(C)C(N)C1. The number of nitrogens with one attached hydrogen (secondary N) is 1. The summed E-state index contributed by atoms with van der Waals surface area (Å²) < 4.78 is 4.87. The molecular formula is C11H23N3O2. The van der Waals surface area contributed by atoms with Crippen molar-refractivity contribution in [3.63, 3.8) is 0 Å². The topological polar surface area (TPSA) is 67.6 Å². The summed E-state index contributed by atoms with van der Waals surface area (Å²) in [5, 5.41) is 2.81. The number of carbonyl (C=O) groups excluding carboxylic acids is 1. The first-order valence-electron chi connectivity index (χ1n) is 5.87. The van der Waals surface area contributed by atoms with Crippen LogP contribution in [0.5, 0.6) is 0 Å². The molecule has 0 bridgehead atoms. The van der Waals surface area contributed by atoms with Gasteiger partial charge in [0.05, 0.1) is 13.2 Å². The zero-order valence-electron chi connectivity index (χ0n) is 10.2. The molecule has 1 heterocycles. The normalized spacial score (nSPS) is 26.7. The molecular weight excluding hydrogens is 206 g/mol. The molecule has 0 aliphatic carbocycles. The van der Waals surface area contributed by atoms with E-state index in [9.17, 15) is 4.79 Å². The molecule has 5 heteroatoms. The molecule has 94 valence electrons. The minimum absolute atomic E-state index is 0.0544. The molecule has 0 radical (unpaired) electrons. The van der Waals surface area contributed by atoms with E-state index in [1.54, 1.807) is 7.11 Å². The standard InChI is InChI=1S/C11H23N3O2/c1-9-3-5-14(7-10(9)12)8-11(15)13-4-6-16-2/h9-10H,3-8,12H2,1-2H3,(H,13,15). The van der Waals surface area contributed by atoms with Crippen molar-refractivity contribution in [2.75, 3.05) is 39.9 Å². The molecule has 1 aliphatic heterocycles. The summed E-state index contributed by atoms with van der Waals surface area (Å²) in [7, 11) is 1.62. The highest BCUT2D eigenvalue weighted by Gasteiger charge is 2.23. The zero-order valence-corrected chi connectivity index (χ0v) is 10.2. The third-order valence-corrected chi connectivity index (χ3v) is 3.10. The fourth-order valence-electron chi connectivity index (χ4n) is 1.86. The molecule has 0 saturated carbocycles. The van der Waals surface area contributed by atoms with Crippen LogP contribution < -0.4 is 11.1 Å². The van der Waals surface area contributed by atoms with Gasteiger partial charge >= 0.3 is 0 Å². The summed E-state index contributed by atoms with van der Waals surface area (Å²) in [4.78, 5) is 13.6. The second-order valence-electron chi connectivity index (χ2n) is 4.51. The predicted molar refractivity (Wildman–Crippen MR) is 63.1 cm³/mol. The van der Waals surface area contributed by atoms with Crippen LogP contribution in [-0.4, -0.2) is 56.7 Å². The van der Waals surface area contributed by atoms with Crippen LogP contribution in [-0.2, 0) is 9.53 Å². The van der Waals surface area contributed by atoms with Gasteiger partial charge in [0.15, 0.2) is 0 Å². The Bertz CT molecular complexity index is 223. The van der Waals surface area contributed by atoms with Crippen molar-refractivity contribution in [2.24, 2.45) is 11.7 Å². The predicted octanol–water partition coefficient (Wildman–Crippen LogP) is -0.582. The van der Waals surface area contributed by atoms with Crippen LogP contribution in [0.2, 0.25) is 0 Å². The zero-order chi connectivity index (χ0) is 12.0. The molecule has 0 aromatic rings. The Labute approximate surface area is 97.3 Å². The van der Waals surface area contributed by atoms with Gasteiger partial charge in [0.1, 0.15) is 0 Å². The number of likely N-dealkylation sites (tertiary alicyclic amines) is 1. The number of hydrogen-bond donors (Lipinski definition) is 2. The molecule has 0 spiro atoms. The van der Waals surface area contributed by atoms with Gasteiger partial charge in [0, 0.05) is 26.2 Å². The van der Waals surface area contributed by atoms with E-state index >= 15 is 0 Å². The molecule has 0 aromatic carbocycles. The summed E-state index contributed by atoms with van der Waals surface area (Å²) in [6, 6.07) is 0.195. The second kappa shape index (κ2) is 6.83. The molecule has 1 aliphatic rings. The van der Waals surface area contributed by atoms with Crippen LogP contribution in [0, 0.1) is 5.92 Å². The fraction of sp³-hybridized carbons (Fsp3) is 0.909. The third kappa shape index (κ3) is 4.47. The quantitative estimate of drug-likeness (QED) is 0.619. The van der Waals surface area contributed by atoms with E-state index < -0.39 is 0 Å². The van der Waals surface area contributed by atoms with Crippen LogP contribution in [0.15, 0.2) is 0 Å².